The third kappa shape index (κ3) is 7.97. The molecule has 138 valence electrons. The molecule has 0 spiro atoms. The number of guanidine groups is 1. The second-order valence-corrected chi connectivity index (χ2v) is 6.29. The Balaban J connectivity index is 0.00000288. The largest absolute Gasteiger partial charge is 0.434 e. The first-order chi connectivity index (χ1) is 11.0. The van der Waals surface area contributed by atoms with Crippen molar-refractivity contribution in [2.75, 3.05) is 26.8 Å². The van der Waals surface area contributed by atoms with Crippen molar-refractivity contribution in [3.8, 4) is 0 Å². The van der Waals surface area contributed by atoms with Crippen LogP contribution in [0.4, 0.5) is 13.2 Å². The van der Waals surface area contributed by atoms with Gasteiger partial charge < -0.3 is 15.4 Å². The summed E-state index contributed by atoms with van der Waals surface area (Å²) < 4.78 is 42.9. The maximum Gasteiger partial charge on any atom is 0.434 e. The molecule has 1 saturated carbocycles. The molecule has 1 aromatic rings. The van der Waals surface area contributed by atoms with Gasteiger partial charge in [0.05, 0.1) is 6.54 Å². The summed E-state index contributed by atoms with van der Waals surface area (Å²) in [7, 11) is 1.61. The minimum absolute atomic E-state index is 0. The molecule has 1 fully saturated rings. The molecule has 10 heteroatoms. The molecule has 0 radical (unpaired) electrons. The molecule has 2 N–H and O–H groups in total. The van der Waals surface area contributed by atoms with E-state index in [0.717, 1.165) is 35.7 Å². The van der Waals surface area contributed by atoms with Crippen molar-refractivity contribution in [3.05, 3.63) is 16.1 Å². The maximum atomic E-state index is 12.5. The summed E-state index contributed by atoms with van der Waals surface area (Å²) in [6.45, 7) is 2.44. The second-order valence-electron chi connectivity index (χ2n) is 5.35. The van der Waals surface area contributed by atoms with E-state index in [1.165, 1.54) is 12.8 Å². The predicted molar refractivity (Wildman–Crippen MR) is 98.9 cm³/mol. The number of nitrogens with one attached hydrogen (secondary N) is 2. The molecule has 0 amide bonds. The van der Waals surface area contributed by atoms with Crippen molar-refractivity contribution in [2.24, 2.45) is 10.9 Å². The number of rotatable bonds is 8. The molecule has 1 aliphatic rings. The van der Waals surface area contributed by atoms with E-state index in [0.29, 0.717) is 24.1 Å². The van der Waals surface area contributed by atoms with E-state index in [2.05, 4.69) is 20.6 Å². The number of halogens is 4. The number of thiazole rings is 1. The number of aliphatic imine (C=N–C) groups is 1. The summed E-state index contributed by atoms with van der Waals surface area (Å²) in [4.78, 5) is 7.58. The zero-order chi connectivity index (χ0) is 16.7. The normalized spacial score (nSPS) is 15.1. The molecule has 1 aromatic heterocycles. The number of hydrogen-bond acceptors (Lipinski definition) is 4. The Labute approximate surface area is 160 Å². The van der Waals surface area contributed by atoms with E-state index >= 15 is 0 Å². The average molecular weight is 478 g/mol. The smallest absolute Gasteiger partial charge is 0.381 e. The fourth-order valence-electron chi connectivity index (χ4n) is 1.82. The number of ether oxygens (including phenoxy) is 1. The summed E-state index contributed by atoms with van der Waals surface area (Å²) in [6, 6.07) is 0. The summed E-state index contributed by atoms with van der Waals surface area (Å²) in [5.41, 5.74) is -0.852. The van der Waals surface area contributed by atoms with Crippen molar-refractivity contribution in [1.82, 2.24) is 15.6 Å². The summed E-state index contributed by atoms with van der Waals surface area (Å²) >= 11 is 0.976. The third-order valence-electron chi connectivity index (χ3n) is 3.28. The van der Waals surface area contributed by atoms with E-state index in [9.17, 15) is 13.2 Å². The first-order valence-corrected chi connectivity index (χ1v) is 8.41. The van der Waals surface area contributed by atoms with E-state index in [1.807, 2.05) is 0 Å². The van der Waals surface area contributed by atoms with Crippen LogP contribution in [0.2, 0.25) is 0 Å². The highest BCUT2D eigenvalue weighted by Gasteiger charge is 2.33. The minimum atomic E-state index is -4.39. The van der Waals surface area contributed by atoms with Gasteiger partial charge in [-0.25, -0.2) is 4.98 Å². The highest BCUT2D eigenvalue weighted by molar-refractivity contribution is 14.0. The van der Waals surface area contributed by atoms with Crippen LogP contribution >= 0.6 is 35.3 Å². The third-order valence-corrected chi connectivity index (χ3v) is 4.13. The Morgan fingerprint density at radius 1 is 1.42 bits per heavy atom. The minimum Gasteiger partial charge on any atom is -0.381 e. The van der Waals surface area contributed by atoms with Gasteiger partial charge in [-0.2, -0.15) is 13.2 Å². The Morgan fingerprint density at radius 3 is 2.75 bits per heavy atom. The highest BCUT2D eigenvalue weighted by Crippen LogP contribution is 2.30. The van der Waals surface area contributed by atoms with Gasteiger partial charge in [0, 0.05) is 32.2 Å². The van der Waals surface area contributed by atoms with Crippen molar-refractivity contribution in [3.63, 3.8) is 0 Å². The lowest BCUT2D eigenvalue weighted by Crippen LogP contribution is -2.37. The van der Waals surface area contributed by atoms with E-state index in [1.54, 1.807) is 7.05 Å². The van der Waals surface area contributed by atoms with E-state index < -0.39 is 11.9 Å². The van der Waals surface area contributed by atoms with Crippen LogP contribution in [0.3, 0.4) is 0 Å². The fraction of sp³-hybridized carbons (Fsp3) is 0.714. The molecule has 24 heavy (non-hydrogen) atoms. The summed E-state index contributed by atoms with van der Waals surface area (Å²) in [5, 5.41) is 7.43. The molecule has 2 rings (SSSR count). The molecular formula is C14H22F3IN4OS. The van der Waals surface area contributed by atoms with Crippen LogP contribution in [0.25, 0.3) is 0 Å². The van der Waals surface area contributed by atoms with Crippen molar-refractivity contribution in [1.29, 1.82) is 0 Å². The fourth-order valence-corrected chi connectivity index (χ4v) is 2.56. The standard InChI is InChI=1S/C14H21F3N4OS.HI/c1-18-13(19-5-2-6-22-8-10-3-4-10)20-7-12-21-11(9-23-12)14(15,16)17;/h9-10H,2-8H2,1H3,(H2,18,19,20);1H. The molecule has 0 bridgehead atoms. The monoisotopic (exact) mass is 478 g/mol. The molecule has 1 heterocycles. The van der Waals surface area contributed by atoms with Crippen LogP contribution in [0.5, 0.6) is 0 Å². The van der Waals surface area contributed by atoms with Crippen LogP contribution in [0, 0.1) is 5.92 Å². The van der Waals surface area contributed by atoms with Crippen LogP contribution < -0.4 is 10.6 Å². The molecule has 0 atom stereocenters. The van der Waals surface area contributed by atoms with Crippen LogP contribution in [0.15, 0.2) is 10.4 Å². The zero-order valence-corrected chi connectivity index (χ0v) is 16.5. The van der Waals surface area contributed by atoms with Gasteiger partial charge in [-0.15, -0.1) is 35.3 Å². The predicted octanol–water partition coefficient (Wildman–Crippen LogP) is 3.26. The summed E-state index contributed by atoms with van der Waals surface area (Å²) in [5.74, 6) is 1.30. The van der Waals surface area contributed by atoms with E-state index in [4.69, 9.17) is 4.74 Å². The number of hydrogen-bond donors (Lipinski definition) is 2. The van der Waals surface area contributed by atoms with Gasteiger partial charge in [-0.05, 0) is 25.2 Å². The number of alkyl halides is 3. The topological polar surface area (TPSA) is 58.5 Å². The van der Waals surface area contributed by atoms with Crippen LogP contribution in [-0.2, 0) is 17.5 Å². The van der Waals surface area contributed by atoms with Gasteiger partial charge in [0.2, 0.25) is 0 Å². The SMILES string of the molecule is CN=C(NCCCOCC1CC1)NCc1nc(C(F)(F)F)cs1.I. The molecule has 0 saturated heterocycles. The molecule has 0 aliphatic heterocycles. The Hall–Kier alpha value is -0.620. The molecular weight excluding hydrogens is 456 g/mol. The Kier molecular flexibility index (Phi) is 9.27. The lowest BCUT2D eigenvalue weighted by Gasteiger charge is -2.11. The van der Waals surface area contributed by atoms with Crippen LogP contribution in [-0.4, -0.2) is 37.7 Å². The quantitative estimate of drug-likeness (QED) is 0.261. The Morgan fingerprint density at radius 2 is 2.17 bits per heavy atom. The van der Waals surface area contributed by atoms with Crippen molar-refractivity contribution in [2.45, 2.75) is 32.0 Å². The van der Waals surface area contributed by atoms with Gasteiger partial charge >= 0.3 is 6.18 Å². The lowest BCUT2D eigenvalue weighted by atomic mass is 10.4. The van der Waals surface area contributed by atoms with Gasteiger partial charge in [0.15, 0.2) is 11.7 Å². The number of nitrogens with zero attached hydrogens (tertiary/aromatic N) is 2. The van der Waals surface area contributed by atoms with Gasteiger partial charge in [-0.3, -0.25) is 4.99 Å². The Bertz CT molecular complexity index is 520. The average Bonchev–Trinajstić information content (AvgIpc) is 3.19. The van der Waals surface area contributed by atoms with Gasteiger partial charge in [0.1, 0.15) is 5.01 Å². The van der Waals surface area contributed by atoms with Crippen molar-refractivity contribution < 1.29 is 17.9 Å². The first kappa shape index (κ1) is 21.4. The van der Waals surface area contributed by atoms with E-state index in [-0.39, 0.29) is 30.5 Å². The second kappa shape index (κ2) is 10.4. The lowest BCUT2D eigenvalue weighted by molar-refractivity contribution is -0.140. The van der Waals surface area contributed by atoms with Gasteiger partial charge in [-0.1, -0.05) is 0 Å². The number of aromatic nitrogens is 1. The first-order valence-electron chi connectivity index (χ1n) is 7.53. The highest BCUT2D eigenvalue weighted by atomic mass is 127. The van der Waals surface area contributed by atoms with Gasteiger partial charge in [0.25, 0.3) is 0 Å². The molecule has 0 unspecified atom stereocenters. The van der Waals surface area contributed by atoms with Crippen molar-refractivity contribution >= 4 is 41.3 Å². The molecule has 0 aromatic carbocycles. The molecule has 5 nitrogen and oxygen atoms in total. The molecule has 1 aliphatic carbocycles. The summed E-state index contributed by atoms with van der Waals surface area (Å²) in [6.07, 6.45) is -0.985. The van der Waals surface area contributed by atoms with Crippen LogP contribution in [0.1, 0.15) is 30.0 Å². The maximum absolute atomic E-state index is 12.5. The zero-order valence-electron chi connectivity index (χ0n) is 13.4.